The van der Waals surface area contributed by atoms with Gasteiger partial charge in [-0.2, -0.15) is 4.39 Å². The Hall–Kier alpha value is -1.98. The van der Waals surface area contributed by atoms with Crippen LogP contribution in [-0.4, -0.2) is 16.6 Å². The second-order valence-corrected chi connectivity index (χ2v) is 5.34. The van der Waals surface area contributed by atoms with Gasteiger partial charge in [0.05, 0.1) is 21.9 Å². The molecule has 0 radical (unpaired) electrons. The summed E-state index contributed by atoms with van der Waals surface area (Å²) in [6.45, 7) is 0. The molecule has 0 fully saturated rings. The Balaban J connectivity index is 1.88. The third kappa shape index (κ3) is 4.51. The van der Waals surface area contributed by atoms with Crippen molar-refractivity contribution in [3.8, 4) is 0 Å². The number of benzene rings is 1. The van der Waals surface area contributed by atoms with E-state index in [2.05, 4.69) is 10.3 Å². The largest absolute Gasteiger partial charge is 0.325 e. The van der Waals surface area contributed by atoms with E-state index in [0.29, 0.717) is 21.3 Å². The topological polar surface area (TPSA) is 65.8 Å². The maximum absolute atomic E-state index is 12.7. The highest BCUT2D eigenvalue weighted by molar-refractivity contribution is 6.42. The van der Waals surface area contributed by atoms with Crippen molar-refractivity contribution in [2.45, 2.75) is 12.8 Å². The van der Waals surface area contributed by atoms with Crippen LogP contribution in [0.3, 0.4) is 0 Å². The maximum atomic E-state index is 12.7. The fraction of sp³-hybridized carbons (Fsp3) is 0.133. The van der Waals surface area contributed by atoms with Crippen LogP contribution in [0.1, 0.15) is 18.4 Å². The predicted octanol–water partition coefficient (Wildman–Crippen LogP) is 4.31. The van der Waals surface area contributed by atoms with E-state index in [1.165, 1.54) is 12.3 Å². The highest BCUT2D eigenvalue weighted by Gasteiger charge is 2.08. The molecule has 1 aromatic carbocycles. The van der Waals surface area contributed by atoms with Gasteiger partial charge < -0.3 is 10.7 Å². The molecule has 0 bridgehead atoms. The van der Waals surface area contributed by atoms with Crippen molar-refractivity contribution < 1.29 is 9.18 Å². The van der Waals surface area contributed by atoms with Crippen LogP contribution >= 0.6 is 23.2 Å². The molecule has 0 spiro atoms. The van der Waals surface area contributed by atoms with Crippen LogP contribution in [0.15, 0.2) is 36.5 Å². The van der Waals surface area contributed by atoms with Gasteiger partial charge in [0.25, 0.3) is 0 Å². The van der Waals surface area contributed by atoms with Crippen molar-refractivity contribution >= 4 is 40.5 Å². The standard InChI is InChI=1S/C15H12Cl2FN3O/c16-11-3-1-9(7-12(11)17)13(19)4-6-15(22)21-10-2-5-14(18)20-8-10/h1-3,5,7-8,19H,4,6H2,(H,21,22). The zero-order valence-electron chi connectivity index (χ0n) is 11.4. The molecule has 7 heteroatoms. The molecule has 1 heterocycles. The highest BCUT2D eigenvalue weighted by atomic mass is 35.5. The lowest BCUT2D eigenvalue weighted by Crippen LogP contribution is -2.13. The summed E-state index contributed by atoms with van der Waals surface area (Å²) in [5, 5.41) is 11.3. The van der Waals surface area contributed by atoms with Crippen molar-refractivity contribution in [3.63, 3.8) is 0 Å². The first-order valence-electron chi connectivity index (χ1n) is 6.40. The monoisotopic (exact) mass is 339 g/mol. The fourth-order valence-electron chi connectivity index (χ4n) is 1.74. The number of hydrogen-bond donors (Lipinski definition) is 2. The lowest BCUT2D eigenvalue weighted by molar-refractivity contribution is -0.116. The van der Waals surface area contributed by atoms with E-state index < -0.39 is 5.95 Å². The number of nitrogens with one attached hydrogen (secondary N) is 2. The Kier molecular flexibility index (Phi) is 5.46. The van der Waals surface area contributed by atoms with Crippen LogP contribution in [0.4, 0.5) is 10.1 Å². The molecule has 2 aromatic rings. The van der Waals surface area contributed by atoms with Gasteiger partial charge in [-0.25, -0.2) is 4.98 Å². The van der Waals surface area contributed by atoms with Gasteiger partial charge in [-0.15, -0.1) is 0 Å². The molecule has 0 saturated carbocycles. The number of anilines is 1. The average molecular weight is 340 g/mol. The van der Waals surface area contributed by atoms with E-state index in [1.54, 1.807) is 18.2 Å². The molecule has 0 atom stereocenters. The first kappa shape index (κ1) is 16.4. The van der Waals surface area contributed by atoms with Crippen LogP contribution in [0, 0.1) is 11.4 Å². The van der Waals surface area contributed by atoms with Crippen LogP contribution < -0.4 is 5.32 Å². The second kappa shape index (κ2) is 7.33. The van der Waals surface area contributed by atoms with Crippen LogP contribution in [-0.2, 0) is 4.79 Å². The zero-order chi connectivity index (χ0) is 16.1. The summed E-state index contributed by atoms with van der Waals surface area (Å²) < 4.78 is 12.7. The van der Waals surface area contributed by atoms with Gasteiger partial charge in [-0.3, -0.25) is 4.79 Å². The molecular weight excluding hydrogens is 328 g/mol. The first-order chi connectivity index (χ1) is 10.5. The Morgan fingerprint density at radius 1 is 1.18 bits per heavy atom. The summed E-state index contributed by atoms with van der Waals surface area (Å²) in [6.07, 6.45) is 1.60. The summed E-state index contributed by atoms with van der Waals surface area (Å²) in [5.41, 5.74) is 1.31. The number of rotatable bonds is 5. The molecule has 114 valence electrons. The molecule has 0 unspecified atom stereocenters. The van der Waals surface area contributed by atoms with Gasteiger partial charge in [0.2, 0.25) is 11.9 Å². The Morgan fingerprint density at radius 3 is 2.59 bits per heavy atom. The molecule has 0 aliphatic carbocycles. The predicted molar refractivity (Wildman–Crippen MR) is 85.3 cm³/mol. The molecule has 2 N–H and O–H groups in total. The SMILES string of the molecule is N=C(CCC(=O)Nc1ccc(F)nc1)c1ccc(Cl)c(Cl)c1. The Labute approximate surface area is 136 Å². The van der Waals surface area contributed by atoms with Crippen molar-refractivity contribution in [3.05, 3.63) is 58.1 Å². The average Bonchev–Trinajstić information content (AvgIpc) is 2.50. The fourth-order valence-corrected chi connectivity index (χ4v) is 2.04. The minimum atomic E-state index is -0.612. The van der Waals surface area contributed by atoms with Gasteiger partial charge >= 0.3 is 0 Å². The van der Waals surface area contributed by atoms with Crippen molar-refractivity contribution in [2.24, 2.45) is 0 Å². The number of aromatic nitrogens is 1. The van der Waals surface area contributed by atoms with Crippen molar-refractivity contribution in [1.82, 2.24) is 4.98 Å². The quantitative estimate of drug-likeness (QED) is 0.629. The summed E-state index contributed by atoms with van der Waals surface area (Å²) in [7, 11) is 0. The first-order valence-corrected chi connectivity index (χ1v) is 7.15. The van der Waals surface area contributed by atoms with Gasteiger partial charge in [0.1, 0.15) is 0 Å². The van der Waals surface area contributed by atoms with E-state index >= 15 is 0 Å². The number of pyridine rings is 1. The number of hydrogen-bond acceptors (Lipinski definition) is 3. The van der Waals surface area contributed by atoms with Crippen molar-refractivity contribution in [2.75, 3.05) is 5.32 Å². The molecule has 0 saturated heterocycles. The third-order valence-corrected chi connectivity index (χ3v) is 3.62. The van der Waals surface area contributed by atoms with E-state index in [9.17, 15) is 9.18 Å². The smallest absolute Gasteiger partial charge is 0.224 e. The summed E-state index contributed by atoms with van der Waals surface area (Å²) in [6, 6.07) is 7.46. The molecule has 22 heavy (non-hydrogen) atoms. The highest BCUT2D eigenvalue weighted by Crippen LogP contribution is 2.23. The van der Waals surface area contributed by atoms with E-state index in [4.69, 9.17) is 28.6 Å². The summed E-state index contributed by atoms with van der Waals surface area (Å²) >= 11 is 11.7. The van der Waals surface area contributed by atoms with Gasteiger partial charge in [-0.05, 0) is 36.2 Å². The number of carbonyl (C=O) groups excluding carboxylic acids is 1. The van der Waals surface area contributed by atoms with E-state index in [0.717, 1.165) is 6.07 Å². The lowest BCUT2D eigenvalue weighted by atomic mass is 10.1. The third-order valence-electron chi connectivity index (χ3n) is 2.88. The Morgan fingerprint density at radius 2 is 1.95 bits per heavy atom. The number of halogens is 3. The summed E-state index contributed by atoms with van der Waals surface area (Å²) in [4.78, 5) is 15.2. The molecular formula is C15H12Cl2FN3O. The van der Waals surface area contributed by atoms with Gasteiger partial charge in [-0.1, -0.05) is 29.3 Å². The minimum Gasteiger partial charge on any atom is -0.325 e. The molecule has 0 aliphatic rings. The van der Waals surface area contributed by atoms with E-state index in [1.807, 2.05) is 0 Å². The van der Waals surface area contributed by atoms with Crippen LogP contribution in [0.5, 0.6) is 0 Å². The van der Waals surface area contributed by atoms with E-state index in [-0.39, 0.29) is 24.5 Å². The Bertz CT molecular complexity index is 704. The minimum absolute atomic E-state index is 0.121. The lowest BCUT2D eigenvalue weighted by Gasteiger charge is -2.07. The molecule has 0 aliphatic heterocycles. The zero-order valence-corrected chi connectivity index (χ0v) is 12.9. The van der Waals surface area contributed by atoms with Gasteiger partial charge in [0.15, 0.2) is 0 Å². The molecule has 4 nitrogen and oxygen atoms in total. The number of carbonyl (C=O) groups is 1. The molecule has 1 amide bonds. The number of amides is 1. The second-order valence-electron chi connectivity index (χ2n) is 4.53. The normalized spacial score (nSPS) is 10.3. The molecule has 1 aromatic heterocycles. The van der Waals surface area contributed by atoms with Crippen molar-refractivity contribution in [1.29, 1.82) is 5.41 Å². The number of nitrogens with zero attached hydrogens (tertiary/aromatic N) is 1. The summed E-state index contributed by atoms with van der Waals surface area (Å²) in [5.74, 6) is -0.891. The maximum Gasteiger partial charge on any atom is 0.224 e. The van der Waals surface area contributed by atoms with Crippen LogP contribution in [0.25, 0.3) is 0 Å². The molecule has 2 rings (SSSR count). The van der Waals surface area contributed by atoms with Gasteiger partial charge in [0, 0.05) is 12.1 Å². The van der Waals surface area contributed by atoms with Crippen LogP contribution in [0.2, 0.25) is 10.0 Å².